The largest absolute Gasteiger partial charge is 0.484 e. The third kappa shape index (κ3) is 3.03. The van der Waals surface area contributed by atoms with Gasteiger partial charge in [-0.1, -0.05) is 41.9 Å². The van der Waals surface area contributed by atoms with E-state index in [0.717, 1.165) is 0 Å². The van der Waals surface area contributed by atoms with Gasteiger partial charge < -0.3 is 10.5 Å². The van der Waals surface area contributed by atoms with Crippen molar-refractivity contribution in [3.8, 4) is 5.75 Å². The van der Waals surface area contributed by atoms with E-state index in [-0.39, 0.29) is 23.2 Å². The molecule has 0 fully saturated rings. The summed E-state index contributed by atoms with van der Waals surface area (Å²) in [6, 6.07) is 11.4. The summed E-state index contributed by atoms with van der Waals surface area (Å²) < 4.78 is 18.9. The van der Waals surface area contributed by atoms with E-state index in [1.54, 1.807) is 30.3 Å². The molecule has 0 radical (unpaired) electrons. The molecule has 0 amide bonds. The molecule has 0 heterocycles. The molecule has 2 aromatic rings. The number of nitrogen functional groups attached to an aromatic ring is 1. The van der Waals surface area contributed by atoms with Crippen LogP contribution in [0.5, 0.6) is 5.75 Å². The average molecular weight is 279 g/mol. The highest BCUT2D eigenvalue weighted by molar-refractivity contribution is 6.32. The van der Waals surface area contributed by atoms with Crippen LogP contribution in [-0.2, 0) is 6.61 Å². The van der Waals surface area contributed by atoms with Crippen molar-refractivity contribution in [1.82, 2.24) is 0 Å². The van der Waals surface area contributed by atoms with Gasteiger partial charge in [-0.05, 0) is 12.1 Å². The maximum atomic E-state index is 13.5. The molecular weight excluding hydrogens is 267 g/mol. The highest BCUT2D eigenvalue weighted by Gasteiger charge is 2.10. The Kier molecular flexibility index (Phi) is 4.02. The van der Waals surface area contributed by atoms with Crippen molar-refractivity contribution in [3.05, 3.63) is 64.4 Å². The van der Waals surface area contributed by atoms with Crippen LogP contribution in [-0.4, -0.2) is 5.84 Å². The predicted octanol–water partition coefficient (Wildman–Crippen LogP) is 3.34. The van der Waals surface area contributed by atoms with E-state index in [0.29, 0.717) is 11.1 Å². The number of hydrogen-bond acceptors (Lipinski definition) is 2. The second kappa shape index (κ2) is 5.71. The normalized spacial score (nSPS) is 10.2. The Bertz CT molecular complexity index is 596. The highest BCUT2D eigenvalue weighted by atomic mass is 35.5. The van der Waals surface area contributed by atoms with E-state index in [4.69, 9.17) is 27.5 Å². The molecule has 0 aliphatic rings. The molecule has 3 N–H and O–H groups in total. The van der Waals surface area contributed by atoms with Gasteiger partial charge in [0.25, 0.3) is 0 Å². The molecule has 0 bridgehead atoms. The SMILES string of the molecule is N=C(N)c1ccccc1COc1c(F)cccc1Cl. The Morgan fingerprint density at radius 2 is 1.95 bits per heavy atom. The Hall–Kier alpha value is -2.07. The average Bonchev–Trinajstić information content (AvgIpc) is 2.38. The number of halogens is 2. The molecule has 0 unspecified atom stereocenters. The lowest BCUT2D eigenvalue weighted by molar-refractivity contribution is 0.290. The Balaban J connectivity index is 2.22. The molecule has 0 aromatic heterocycles. The molecule has 0 spiro atoms. The van der Waals surface area contributed by atoms with Crippen LogP contribution in [0.15, 0.2) is 42.5 Å². The van der Waals surface area contributed by atoms with Gasteiger partial charge in [0.05, 0.1) is 5.02 Å². The number of hydrogen-bond donors (Lipinski definition) is 2. The van der Waals surface area contributed by atoms with Crippen molar-refractivity contribution < 1.29 is 9.13 Å². The topological polar surface area (TPSA) is 59.1 Å². The zero-order chi connectivity index (χ0) is 13.8. The summed E-state index contributed by atoms with van der Waals surface area (Å²) in [6.45, 7) is 0.0937. The predicted molar refractivity (Wildman–Crippen MR) is 73.2 cm³/mol. The van der Waals surface area contributed by atoms with Crippen LogP contribution in [0.1, 0.15) is 11.1 Å². The van der Waals surface area contributed by atoms with Crippen molar-refractivity contribution >= 4 is 17.4 Å². The van der Waals surface area contributed by atoms with Crippen LogP contribution < -0.4 is 10.5 Å². The van der Waals surface area contributed by atoms with E-state index >= 15 is 0 Å². The van der Waals surface area contributed by atoms with Crippen LogP contribution in [0.3, 0.4) is 0 Å². The van der Waals surface area contributed by atoms with Crippen LogP contribution in [0, 0.1) is 11.2 Å². The fourth-order valence-electron chi connectivity index (χ4n) is 1.68. The maximum absolute atomic E-state index is 13.5. The van der Waals surface area contributed by atoms with Gasteiger partial charge in [0.15, 0.2) is 11.6 Å². The molecular formula is C14H12ClFN2O. The fourth-order valence-corrected chi connectivity index (χ4v) is 1.90. The van der Waals surface area contributed by atoms with E-state index < -0.39 is 5.82 Å². The van der Waals surface area contributed by atoms with Gasteiger partial charge >= 0.3 is 0 Å². The third-order valence-electron chi connectivity index (χ3n) is 2.60. The third-order valence-corrected chi connectivity index (χ3v) is 2.90. The quantitative estimate of drug-likeness (QED) is 0.666. The molecule has 0 atom stereocenters. The lowest BCUT2D eigenvalue weighted by Gasteiger charge is -2.11. The summed E-state index contributed by atoms with van der Waals surface area (Å²) in [6.07, 6.45) is 0. The van der Waals surface area contributed by atoms with Crippen molar-refractivity contribution in [2.45, 2.75) is 6.61 Å². The number of rotatable bonds is 4. The standard InChI is InChI=1S/C14H12ClFN2O/c15-11-6-3-7-12(16)13(11)19-8-9-4-1-2-5-10(9)14(17)18/h1-7H,8H2,(H3,17,18). The number of ether oxygens (including phenoxy) is 1. The van der Waals surface area contributed by atoms with Gasteiger partial charge in [0, 0.05) is 11.1 Å². The first-order valence-corrected chi connectivity index (χ1v) is 5.96. The number of para-hydroxylation sites is 1. The van der Waals surface area contributed by atoms with Gasteiger partial charge in [-0.3, -0.25) is 5.41 Å². The van der Waals surface area contributed by atoms with Gasteiger partial charge in [-0.2, -0.15) is 0 Å². The second-order valence-corrected chi connectivity index (χ2v) is 4.32. The maximum Gasteiger partial charge on any atom is 0.174 e. The van der Waals surface area contributed by atoms with Gasteiger partial charge in [-0.25, -0.2) is 4.39 Å². The number of benzene rings is 2. The summed E-state index contributed by atoms with van der Waals surface area (Å²) in [7, 11) is 0. The minimum absolute atomic E-state index is 0.00233. The van der Waals surface area contributed by atoms with Crippen molar-refractivity contribution in [2.24, 2.45) is 5.73 Å². The Morgan fingerprint density at radius 3 is 2.63 bits per heavy atom. The lowest BCUT2D eigenvalue weighted by Crippen LogP contribution is -2.14. The summed E-state index contributed by atoms with van der Waals surface area (Å²) >= 11 is 5.87. The molecule has 19 heavy (non-hydrogen) atoms. The molecule has 2 aromatic carbocycles. The highest BCUT2D eigenvalue weighted by Crippen LogP contribution is 2.28. The fraction of sp³-hybridized carbons (Fsp3) is 0.0714. The second-order valence-electron chi connectivity index (χ2n) is 3.91. The molecule has 98 valence electrons. The Morgan fingerprint density at radius 1 is 1.21 bits per heavy atom. The molecule has 5 heteroatoms. The smallest absolute Gasteiger partial charge is 0.174 e. The number of nitrogens with one attached hydrogen (secondary N) is 1. The van der Waals surface area contributed by atoms with E-state index in [9.17, 15) is 4.39 Å². The summed E-state index contributed by atoms with van der Waals surface area (Å²) in [5, 5.41) is 7.67. The van der Waals surface area contributed by atoms with Crippen molar-refractivity contribution in [1.29, 1.82) is 5.41 Å². The lowest BCUT2D eigenvalue weighted by atomic mass is 10.1. The first-order valence-electron chi connectivity index (χ1n) is 5.58. The molecule has 2 rings (SSSR count). The van der Waals surface area contributed by atoms with Crippen molar-refractivity contribution in [2.75, 3.05) is 0 Å². The van der Waals surface area contributed by atoms with Gasteiger partial charge in [0.1, 0.15) is 12.4 Å². The molecule has 0 saturated heterocycles. The van der Waals surface area contributed by atoms with E-state index in [1.165, 1.54) is 12.1 Å². The monoisotopic (exact) mass is 278 g/mol. The van der Waals surface area contributed by atoms with E-state index in [1.807, 2.05) is 0 Å². The summed E-state index contributed by atoms with van der Waals surface area (Å²) in [5.74, 6) is -0.575. The summed E-state index contributed by atoms with van der Waals surface area (Å²) in [5.41, 5.74) is 6.74. The van der Waals surface area contributed by atoms with Crippen molar-refractivity contribution in [3.63, 3.8) is 0 Å². The minimum atomic E-state index is -0.521. The van der Waals surface area contributed by atoms with Crippen LogP contribution in [0.2, 0.25) is 5.02 Å². The molecule has 0 aliphatic carbocycles. The first-order chi connectivity index (χ1) is 9.09. The molecule has 0 saturated carbocycles. The van der Waals surface area contributed by atoms with Gasteiger partial charge in [0.2, 0.25) is 0 Å². The molecule has 0 aliphatic heterocycles. The zero-order valence-corrected chi connectivity index (χ0v) is 10.7. The van der Waals surface area contributed by atoms with Crippen LogP contribution in [0.25, 0.3) is 0 Å². The molecule has 3 nitrogen and oxygen atoms in total. The number of amidine groups is 1. The van der Waals surface area contributed by atoms with Crippen LogP contribution >= 0.6 is 11.6 Å². The van der Waals surface area contributed by atoms with Gasteiger partial charge in [-0.15, -0.1) is 0 Å². The zero-order valence-electron chi connectivity index (χ0n) is 9.99. The first kappa shape index (κ1) is 13.4. The summed E-state index contributed by atoms with van der Waals surface area (Å²) in [4.78, 5) is 0. The van der Waals surface area contributed by atoms with E-state index in [2.05, 4.69) is 0 Å². The minimum Gasteiger partial charge on any atom is -0.484 e. The Labute approximate surface area is 115 Å². The number of nitrogens with two attached hydrogens (primary N) is 1. The van der Waals surface area contributed by atoms with Crippen LogP contribution in [0.4, 0.5) is 4.39 Å².